The van der Waals surface area contributed by atoms with Crippen LogP contribution in [0.3, 0.4) is 0 Å². The molecule has 0 aromatic rings. The molecule has 0 radical (unpaired) electrons. The Hall–Kier alpha value is 0.150. The van der Waals surface area contributed by atoms with Gasteiger partial charge in [0.25, 0.3) is 6.43 Å². The second-order valence-electron chi connectivity index (χ2n) is 3.18. The summed E-state index contributed by atoms with van der Waals surface area (Å²) >= 11 is 5.54. The molecule has 11 heavy (non-hydrogen) atoms. The van der Waals surface area contributed by atoms with Crippen LogP contribution in [0.2, 0.25) is 0 Å². The Morgan fingerprint density at radius 2 is 1.64 bits per heavy atom. The third kappa shape index (κ3) is 2.58. The Kier molecular flexibility index (Phi) is 3.57. The van der Waals surface area contributed by atoms with E-state index in [4.69, 9.17) is 11.6 Å². The average Bonchev–Trinajstić information content (AvgIpc) is 2.05. The summed E-state index contributed by atoms with van der Waals surface area (Å²) in [7, 11) is 0. The molecule has 66 valence electrons. The van der Waals surface area contributed by atoms with E-state index in [2.05, 4.69) is 0 Å². The zero-order valence-electron chi connectivity index (χ0n) is 6.40. The van der Waals surface area contributed by atoms with E-state index >= 15 is 0 Å². The zero-order valence-corrected chi connectivity index (χ0v) is 7.16. The molecule has 1 fully saturated rings. The maximum absolute atomic E-state index is 12.1. The molecule has 1 saturated carbocycles. The van der Waals surface area contributed by atoms with Gasteiger partial charge < -0.3 is 0 Å². The fraction of sp³-hybridized carbons (Fsp3) is 1.00. The highest BCUT2D eigenvalue weighted by atomic mass is 35.5. The fourth-order valence-corrected chi connectivity index (χ4v) is 1.91. The van der Waals surface area contributed by atoms with Crippen LogP contribution in [0.25, 0.3) is 0 Å². The van der Waals surface area contributed by atoms with Gasteiger partial charge in [-0.3, -0.25) is 0 Å². The molecule has 0 amide bonds. The quantitative estimate of drug-likeness (QED) is 0.574. The fourth-order valence-electron chi connectivity index (χ4n) is 1.66. The molecule has 0 nitrogen and oxygen atoms in total. The smallest absolute Gasteiger partial charge is 0.209 e. The molecule has 0 heterocycles. The highest BCUT2D eigenvalue weighted by Crippen LogP contribution is 2.31. The normalized spacial score (nSPS) is 24.0. The molecular formula is C8H13ClF2. The lowest BCUT2D eigenvalue weighted by Crippen LogP contribution is -2.24. The Morgan fingerprint density at radius 3 is 2.09 bits per heavy atom. The van der Waals surface area contributed by atoms with E-state index in [1.807, 2.05) is 0 Å². The van der Waals surface area contributed by atoms with E-state index in [1.54, 1.807) is 0 Å². The van der Waals surface area contributed by atoms with Crippen LogP contribution < -0.4 is 0 Å². The largest absolute Gasteiger partial charge is 0.255 e. The summed E-state index contributed by atoms with van der Waals surface area (Å²) in [6.07, 6.45) is 2.75. The predicted molar refractivity (Wildman–Crippen MR) is 42.2 cm³/mol. The van der Waals surface area contributed by atoms with E-state index < -0.39 is 11.8 Å². The van der Waals surface area contributed by atoms with Gasteiger partial charge in [0, 0.05) is 0 Å². The van der Waals surface area contributed by atoms with Gasteiger partial charge in [0.1, 0.15) is 0 Å². The van der Waals surface area contributed by atoms with Crippen LogP contribution in [0.1, 0.15) is 32.1 Å². The van der Waals surface area contributed by atoms with Gasteiger partial charge in [-0.1, -0.05) is 19.3 Å². The Morgan fingerprint density at radius 1 is 1.09 bits per heavy atom. The summed E-state index contributed by atoms with van der Waals surface area (Å²) in [5.41, 5.74) is 0. The molecule has 0 N–H and O–H groups in total. The highest BCUT2D eigenvalue weighted by molar-refractivity contribution is 6.21. The second-order valence-corrected chi connectivity index (χ2v) is 3.68. The van der Waals surface area contributed by atoms with E-state index in [9.17, 15) is 8.78 Å². The van der Waals surface area contributed by atoms with Crippen molar-refractivity contribution in [2.75, 3.05) is 0 Å². The van der Waals surface area contributed by atoms with Crippen molar-refractivity contribution >= 4 is 11.6 Å². The third-order valence-electron chi connectivity index (χ3n) is 2.34. The lowest BCUT2D eigenvalue weighted by Gasteiger charge is -2.25. The summed E-state index contributed by atoms with van der Waals surface area (Å²) in [4.78, 5) is 0. The van der Waals surface area contributed by atoms with Crippen molar-refractivity contribution in [2.24, 2.45) is 5.92 Å². The Bertz CT molecular complexity index is 111. The first-order valence-corrected chi connectivity index (χ1v) is 4.57. The molecular weight excluding hydrogens is 170 g/mol. The van der Waals surface area contributed by atoms with Crippen LogP contribution in [-0.4, -0.2) is 11.8 Å². The zero-order chi connectivity index (χ0) is 8.27. The van der Waals surface area contributed by atoms with Gasteiger partial charge >= 0.3 is 0 Å². The van der Waals surface area contributed by atoms with Crippen molar-refractivity contribution in [1.82, 2.24) is 0 Å². The number of alkyl halides is 3. The van der Waals surface area contributed by atoms with Crippen LogP contribution in [0, 0.1) is 5.92 Å². The molecule has 0 bridgehead atoms. The monoisotopic (exact) mass is 182 g/mol. The Balaban J connectivity index is 2.32. The van der Waals surface area contributed by atoms with Crippen molar-refractivity contribution in [2.45, 2.75) is 43.9 Å². The minimum absolute atomic E-state index is 0.0606. The molecule has 3 heteroatoms. The van der Waals surface area contributed by atoms with E-state index in [0.717, 1.165) is 25.7 Å². The van der Waals surface area contributed by atoms with E-state index in [0.29, 0.717) is 0 Å². The molecule has 0 aromatic carbocycles. The van der Waals surface area contributed by atoms with Crippen LogP contribution in [-0.2, 0) is 0 Å². The number of rotatable bonds is 2. The van der Waals surface area contributed by atoms with Gasteiger partial charge in [0.15, 0.2) is 0 Å². The summed E-state index contributed by atoms with van der Waals surface area (Å²) in [6, 6.07) is 0. The first kappa shape index (κ1) is 9.24. The van der Waals surface area contributed by atoms with Gasteiger partial charge in [-0.15, -0.1) is 11.6 Å². The van der Waals surface area contributed by atoms with Crippen molar-refractivity contribution < 1.29 is 8.78 Å². The number of hydrogen-bond donors (Lipinski definition) is 0. The van der Waals surface area contributed by atoms with Crippen molar-refractivity contribution in [3.8, 4) is 0 Å². The van der Waals surface area contributed by atoms with Gasteiger partial charge in [0.05, 0.1) is 5.38 Å². The SMILES string of the molecule is FC(F)C(Cl)C1CCCCC1. The molecule has 1 atom stereocenters. The number of hydrogen-bond acceptors (Lipinski definition) is 0. The number of halogens is 3. The van der Waals surface area contributed by atoms with Gasteiger partial charge in [-0.25, -0.2) is 8.78 Å². The second kappa shape index (κ2) is 4.24. The average molecular weight is 183 g/mol. The first-order chi connectivity index (χ1) is 5.22. The summed E-state index contributed by atoms with van der Waals surface area (Å²) in [6.45, 7) is 0. The van der Waals surface area contributed by atoms with Crippen LogP contribution >= 0.6 is 11.6 Å². The molecule has 0 spiro atoms. The van der Waals surface area contributed by atoms with Crippen molar-refractivity contribution in [3.05, 3.63) is 0 Å². The first-order valence-electron chi connectivity index (χ1n) is 4.14. The van der Waals surface area contributed by atoms with Crippen molar-refractivity contribution in [1.29, 1.82) is 0 Å². The Labute approximate surface area is 70.9 Å². The molecule has 1 unspecified atom stereocenters. The molecule has 1 aliphatic rings. The highest BCUT2D eigenvalue weighted by Gasteiger charge is 2.28. The minimum atomic E-state index is -2.35. The topological polar surface area (TPSA) is 0 Å². The van der Waals surface area contributed by atoms with Crippen LogP contribution in [0.5, 0.6) is 0 Å². The van der Waals surface area contributed by atoms with E-state index in [1.165, 1.54) is 6.42 Å². The summed E-state index contributed by atoms with van der Waals surface area (Å²) < 4.78 is 24.2. The lowest BCUT2D eigenvalue weighted by atomic mass is 9.87. The minimum Gasteiger partial charge on any atom is -0.209 e. The third-order valence-corrected chi connectivity index (χ3v) is 2.89. The van der Waals surface area contributed by atoms with Gasteiger partial charge in [-0.05, 0) is 18.8 Å². The molecule has 1 rings (SSSR count). The maximum atomic E-state index is 12.1. The lowest BCUT2D eigenvalue weighted by molar-refractivity contribution is 0.109. The van der Waals surface area contributed by atoms with Gasteiger partial charge in [-0.2, -0.15) is 0 Å². The molecule has 0 aromatic heterocycles. The van der Waals surface area contributed by atoms with Crippen LogP contribution in [0.15, 0.2) is 0 Å². The summed E-state index contributed by atoms with van der Waals surface area (Å²) in [5.74, 6) is 0.0606. The standard InChI is InChI=1S/C8H13ClF2/c9-7(8(10)11)6-4-2-1-3-5-6/h6-8H,1-5H2. The van der Waals surface area contributed by atoms with E-state index in [-0.39, 0.29) is 5.92 Å². The molecule has 0 saturated heterocycles. The molecule has 1 aliphatic carbocycles. The molecule has 0 aliphatic heterocycles. The maximum Gasteiger partial charge on any atom is 0.255 e. The van der Waals surface area contributed by atoms with Crippen molar-refractivity contribution in [3.63, 3.8) is 0 Å². The van der Waals surface area contributed by atoms with Crippen LogP contribution in [0.4, 0.5) is 8.78 Å². The summed E-state index contributed by atoms with van der Waals surface area (Å²) in [5, 5.41) is -0.907. The predicted octanol–water partition coefficient (Wildman–Crippen LogP) is 3.44. The van der Waals surface area contributed by atoms with Gasteiger partial charge in [0.2, 0.25) is 0 Å².